The van der Waals surface area contributed by atoms with E-state index in [-0.39, 0.29) is 0 Å². The summed E-state index contributed by atoms with van der Waals surface area (Å²) in [6, 6.07) is 0.890. The van der Waals surface area contributed by atoms with Gasteiger partial charge in [-0.25, -0.2) is 0 Å². The second-order valence-corrected chi connectivity index (χ2v) is 7.27. The zero-order chi connectivity index (χ0) is 13.8. The molecule has 3 saturated heterocycles. The zero-order valence-electron chi connectivity index (χ0n) is 13.4. The molecule has 3 heterocycles. The number of piperidine rings is 2. The predicted octanol–water partition coefficient (Wildman–Crippen LogP) is 2.47. The second-order valence-electron chi connectivity index (χ2n) is 7.27. The molecule has 3 rings (SSSR count). The van der Waals surface area contributed by atoms with Gasteiger partial charge < -0.3 is 15.1 Å². The minimum absolute atomic E-state index is 0.442. The lowest BCUT2D eigenvalue weighted by Gasteiger charge is -2.43. The highest BCUT2D eigenvalue weighted by Gasteiger charge is 2.35. The first-order chi connectivity index (χ1) is 9.81. The fourth-order valence-electron chi connectivity index (χ4n) is 4.57. The Morgan fingerprint density at radius 2 is 1.75 bits per heavy atom. The average Bonchev–Trinajstić information content (AvgIpc) is 2.98. The monoisotopic (exact) mass is 279 g/mol. The maximum atomic E-state index is 3.79. The molecule has 116 valence electrons. The molecular formula is C17H33N3. The van der Waals surface area contributed by atoms with E-state index in [9.17, 15) is 0 Å². The zero-order valence-corrected chi connectivity index (χ0v) is 13.4. The molecule has 0 aromatic rings. The molecule has 0 amide bonds. The lowest BCUT2D eigenvalue weighted by atomic mass is 9.91. The number of likely N-dealkylation sites (tertiary alicyclic amines) is 2. The fraction of sp³-hybridized carbons (Fsp3) is 1.00. The highest BCUT2D eigenvalue weighted by Crippen LogP contribution is 2.27. The summed E-state index contributed by atoms with van der Waals surface area (Å²) in [4.78, 5) is 5.52. The lowest BCUT2D eigenvalue weighted by Crippen LogP contribution is -2.53. The SMILES string of the molecule is CCC1(CN2CCC(N3CCCCC3)CC2)CCCN1. The van der Waals surface area contributed by atoms with Gasteiger partial charge in [0.2, 0.25) is 0 Å². The molecule has 3 nitrogen and oxygen atoms in total. The van der Waals surface area contributed by atoms with E-state index in [0.717, 1.165) is 6.04 Å². The summed E-state index contributed by atoms with van der Waals surface area (Å²) in [5, 5.41) is 3.79. The topological polar surface area (TPSA) is 18.5 Å². The molecule has 0 aliphatic carbocycles. The van der Waals surface area contributed by atoms with E-state index in [4.69, 9.17) is 0 Å². The molecule has 0 radical (unpaired) electrons. The van der Waals surface area contributed by atoms with Crippen LogP contribution in [0.1, 0.15) is 58.3 Å². The van der Waals surface area contributed by atoms with E-state index < -0.39 is 0 Å². The fourth-order valence-corrected chi connectivity index (χ4v) is 4.57. The van der Waals surface area contributed by atoms with Crippen LogP contribution in [0.3, 0.4) is 0 Å². The molecule has 3 aliphatic heterocycles. The third-order valence-corrected chi connectivity index (χ3v) is 6.00. The Balaban J connectivity index is 1.46. The van der Waals surface area contributed by atoms with Gasteiger partial charge in [0.1, 0.15) is 0 Å². The summed E-state index contributed by atoms with van der Waals surface area (Å²) in [5.74, 6) is 0. The van der Waals surface area contributed by atoms with Gasteiger partial charge in [-0.15, -0.1) is 0 Å². The average molecular weight is 279 g/mol. The second kappa shape index (κ2) is 6.76. The third-order valence-electron chi connectivity index (χ3n) is 6.00. The van der Waals surface area contributed by atoms with Crippen LogP contribution in [0, 0.1) is 0 Å². The minimum Gasteiger partial charge on any atom is -0.310 e. The molecule has 0 aromatic heterocycles. The smallest absolute Gasteiger partial charge is 0.0306 e. The van der Waals surface area contributed by atoms with Crippen LogP contribution in [-0.2, 0) is 0 Å². The van der Waals surface area contributed by atoms with Crippen molar-refractivity contribution < 1.29 is 0 Å². The molecule has 3 heteroatoms. The van der Waals surface area contributed by atoms with Crippen LogP contribution in [0.4, 0.5) is 0 Å². The highest BCUT2D eigenvalue weighted by atomic mass is 15.2. The molecule has 1 atom stereocenters. The maximum Gasteiger partial charge on any atom is 0.0306 e. The van der Waals surface area contributed by atoms with Gasteiger partial charge in [0.15, 0.2) is 0 Å². The molecule has 0 aromatic carbocycles. The summed E-state index contributed by atoms with van der Waals surface area (Å²) >= 11 is 0. The van der Waals surface area contributed by atoms with E-state index in [1.54, 1.807) is 0 Å². The van der Waals surface area contributed by atoms with Crippen LogP contribution in [0.2, 0.25) is 0 Å². The lowest BCUT2D eigenvalue weighted by molar-refractivity contribution is 0.0780. The molecule has 1 N–H and O–H groups in total. The molecule has 0 bridgehead atoms. The molecule has 0 spiro atoms. The van der Waals surface area contributed by atoms with Crippen LogP contribution < -0.4 is 5.32 Å². The van der Waals surface area contributed by atoms with E-state index >= 15 is 0 Å². The summed E-state index contributed by atoms with van der Waals surface area (Å²) in [7, 11) is 0. The molecule has 3 aliphatic rings. The van der Waals surface area contributed by atoms with E-state index in [2.05, 4.69) is 22.0 Å². The minimum atomic E-state index is 0.442. The molecule has 0 saturated carbocycles. The summed E-state index contributed by atoms with van der Waals surface area (Å²) in [6.45, 7) is 10.3. The van der Waals surface area contributed by atoms with Crippen molar-refractivity contribution in [2.75, 3.05) is 39.3 Å². The van der Waals surface area contributed by atoms with Crippen molar-refractivity contribution in [1.82, 2.24) is 15.1 Å². The molecule has 3 fully saturated rings. The summed E-state index contributed by atoms with van der Waals surface area (Å²) in [6.07, 6.45) is 11.2. The van der Waals surface area contributed by atoms with Gasteiger partial charge in [0.25, 0.3) is 0 Å². The van der Waals surface area contributed by atoms with Gasteiger partial charge in [-0.05, 0) is 77.7 Å². The van der Waals surface area contributed by atoms with Crippen LogP contribution >= 0.6 is 0 Å². The summed E-state index contributed by atoms with van der Waals surface area (Å²) in [5.41, 5.74) is 0.442. The molecular weight excluding hydrogens is 246 g/mol. The maximum absolute atomic E-state index is 3.79. The number of nitrogens with one attached hydrogen (secondary N) is 1. The number of nitrogens with zero attached hydrogens (tertiary/aromatic N) is 2. The quantitative estimate of drug-likeness (QED) is 0.853. The van der Waals surface area contributed by atoms with E-state index in [1.165, 1.54) is 90.6 Å². The third kappa shape index (κ3) is 3.37. The number of rotatable bonds is 4. The van der Waals surface area contributed by atoms with Gasteiger partial charge in [-0.2, -0.15) is 0 Å². The van der Waals surface area contributed by atoms with E-state index in [0.29, 0.717) is 5.54 Å². The van der Waals surface area contributed by atoms with Gasteiger partial charge in [-0.1, -0.05) is 13.3 Å². The van der Waals surface area contributed by atoms with Gasteiger partial charge in [0, 0.05) is 18.1 Å². The van der Waals surface area contributed by atoms with Crippen molar-refractivity contribution >= 4 is 0 Å². The first-order valence-electron chi connectivity index (χ1n) is 9.03. The Morgan fingerprint density at radius 3 is 2.35 bits per heavy atom. The highest BCUT2D eigenvalue weighted by molar-refractivity contribution is 4.95. The Labute approximate surface area is 125 Å². The van der Waals surface area contributed by atoms with Crippen LogP contribution in [0.5, 0.6) is 0 Å². The van der Waals surface area contributed by atoms with E-state index in [1.807, 2.05) is 0 Å². The van der Waals surface area contributed by atoms with Crippen LogP contribution in [0.15, 0.2) is 0 Å². The Morgan fingerprint density at radius 1 is 1.00 bits per heavy atom. The van der Waals surface area contributed by atoms with Crippen LogP contribution in [0.25, 0.3) is 0 Å². The number of hydrogen-bond donors (Lipinski definition) is 1. The predicted molar refractivity (Wildman–Crippen MR) is 85.1 cm³/mol. The van der Waals surface area contributed by atoms with Crippen molar-refractivity contribution in [2.24, 2.45) is 0 Å². The molecule has 1 unspecified atom stereocenters. The van der Waals surface area contributed by atoms with Crippen molar-refractivity contribution in [2.45, 2.75) is 69.9 Å². The number of hydrogen-bond acceptors (Lipinski definition) is 3. The van der Waals surface area contributed by atoms with Crippen molar-refractivity contribution in [3.05, 3.63) is 0 Å². The van der Waals surface area contributed by atoms with Gasteiger partial charge in [0.05, 0.1) is 0 Å². The largest absolute Gasteiger partial charge is 0.310 e. The van der Waals surface area contributed by atoms with Crippen molar-refractivity contribution in [1.29, 1.82) is 0 Å². The van der Waals surface area contributed by atoms with Gasteiger partial charge in [-0.3, -0.25) is 0 Å². The Kier molecular flexibility index (Phi) is 5.00. The Bertz CT molecular complexity index is 285. The van der Waals surface area contributed by atoms with Crippen molar-refractivity contribution in [3.63, 3.8) is 0 Å². The van der Waals surface area contributed by atoms with Gasteiger partial charge >= 0.3 is 0 Å². The summed E-state index contributed by atoms with van der Waals surface area (Å²) < 4.78 is 0. The van der Waals surface area contributed by atoms with Crippen LogP contribution in [-0.4, -0.2) is 60.6 Å². The normalized spacial score (nSPS) is 34.6. The first kappa shape index (κ1) is 14.8. The molecule has 20 heavy (non-hydrogen) atoms. The first-order valence-corrected chi connectivity index (χ1v) is 9.03. The van der Waals surface area contributed by atoms with Crippen molar-refractivity contribution in [3.8, 4) is 0 Å². The standard InChI is InChI=1S/C17H33N3/c1-2-17(9-6-10-18-17)15-19-13-7-16(8-14-19)20-11-4-3-5-12-20/h16,18H,2-15H2,1H3. The Hall–Kier alpha value is -0.120.